The van der Waals surface area contributed by atoms with Crippen LogP contribution >= 0.6 is 24.0 Å². The molecule has 2 aliphatic rings. The second kappa shape index (κ2) is 8.34. The van der Waals surface area contributed by atoms with E-state index in [1.54, 1.807) is 0 Å². The quantitative estimate of drug-likeness (QED) is 0.883. The van der Waals surface area contributed by atoms with Crippen LogP contribution in [0.2, 0.25) is 5.02 Å². The van der Waals surface area contributed by atoms with Crippen LogP contribution in [-0.4, -0.2) is 43.1 Å². The summed E-state index contributed by atoms with van der Waals surface area (Å²) in [6, 6.07) is 8.14. The van der Waals surface area contributed by atoms with Gasteiger partial charge in [-0.2, -0.15) is 0 Å². The average molecular weight is 359 g/mol. The topological polar surface area (TPSA) is 41.6 Å². The summed E-state index contributed by atoms with van der Waals surface area (Å²) in [5.41, 5.74) is 0.973. The maximum Gasteiger partial charge on any atom is 0.225 e. The highest BCUT2D eigenvalue weighted by molar-refractivity contribution is 6.31. The first-order chi connectivity index (χ1) is 10.6. The van der Waals surface area contributed by atoms with Crippen molar-refractivity contribution in [2.45, 2.75) is 31.9 Å². The molecule has 0 spiro atoms. The molecule has 1 aromatic rings. The Morgan fingerprint density at radius 3 is 2.91 bits per heavy atom. The zero-order valence-corrected chi connectivity index (χ0v) is 14.9. The van der Waals surface area contributed by atoms with Gasteiger partial charge in [-0.05, 0) is 32.4 Å². The fourth-order valence-corrected chi connectivity index (χ4v) is 3.65. The van der Waals surface area contributed by atoms with Gasteiger partial charge in [-0.25, -0.2) is 0 Å². The van der Waals surface area contributed by atoms with Crippen molar-refractivity contribution in [3.8, 4) is 0 Å². The Bertz CT molecular complexity index is 541. The Balaban J connectivity index is 0.00000192. The SMILES string of the molecule is C[C@H]1C[C@@H](C(=O)N2CCOC(c3ccccc3Cl)C2)CCN1.Cl. The molecule has 6 heteroatoms. The predicted octanol–water partition coefficient (Wildman–Crippen LogP) is 3.05. The number of rotatable bonds is 2. The number of hydrogen-bond donors (Lipinski definition) is 1. The lowest BCUT2D eigenvalue weighted by Crippen LogP contribution is -2.48. The number of morpholine rings is 1. The maximum absolute atomic E-state index is 12.8. The largest absolute Gasteiger partial charge is 0.370 e. The van der Waals surface area contributed by atoms with E-state index in [4.69, 9.17) is 16.3 Å². The molecule has 2 fully saturated rings. The van der Waals surface area contributed by atoms with Gasteiger partial charge in [0.25, 0.3) is 0 Å². The van der Waals surface area contributed by atoms with Gasteiger partial charge in [-0.15, -0.1) is 12.4 Å². The second-order valence-corrected chi connectivity index (χ2v) is 6.65. The van der Waals surface area contributed by atoms with Gasteiger partial charge in [0.15, 0.2) is 0 Å². The van der Waals surface area contributed by atoms with E-state index in [-0.39, 0.29) is 30.3 Å². The Morgan fingerprint density at radius 2 is 2.17 bits per heavy atom. The summed E-state index contributed by atoms with van der Waals surface area (Å²) in [6.45, 7) is 4.92. The van der Waals surface area contributed by atoms with Crippen molar-refractivity contribution < 1.29 is 9.53 Å². The molecule has 2 heterocycles. The zero-order chi connectivity index (χ0) is 15.5. The summed E-state index contributed by atoms with van der Waals surface area (Å²) < 4.78 is 5.84. The van der Waals surface area contributed by atoms with Crippen LogP contribution in [0, 0.1) is 5.92 Å². The normalized spacial score (nSPS) is 28.1. The van der Waals surface area contributed by atoms with E-state index in [0.29, 0.717) is 30.8 Å². The molecule has 3 rings (SSSR count). The standard InChI is InChI=1S/C17H23ClN2O2.ClH/c1-12-10-13(6-7-19-12)17(21)20-8-9-22-16(11-20)14-4-2-3-5-15(14)18;/h2-5,12-13,16,19H,6-11H2,1H3;1H/t12-,13-,16?;/m0./s1. The monoisotopic (exact) mass is 358 g/mol. The van der Waals surface area contributed by atoms with E-state index in [1.165, 1.54) is 0 Å². The minimum absolute atomic E-state index is 0. The lowest BCUT2D eigenvalue weighted by molar-refractivity contribution is -0.144. The van der Waals surface area contributed by atoms with Gasteiger partial charge in [0.1, 0.15) is 6.10 Å². The average Bonchev–Trinajstić information content (AvgIpc) is 2.55. The first-order valence-electron chi connectivity index (χ1n) is 8.03. The molecule has 0 saturated carbocycles. The smallest absolute Gasteiger partial charge is 0.225 e. The van der Waals surface area contributed by atoms with Crippen molar-refractivity contribution in [2.75, 3.05) is 26.2 Å². The molecule has 23 heavy (non-hydrogen) atoms. The number of carbonyl (C=O) groups is 1. The van der Waals surface area contributed by atoms with Crippen molar-refractivity contribution in [2.24, 2.45) is 5.92 Å². The van der Waals surface area contributed by atoms with E-state index in [1.807, 2.05) is 29.2 Å². The van der Waals surface area contributed by atoms with E-state index >= 15 is 0 Å². The summed E-state index contributed by atoms with van der Waals surface area (Å²) in [5, 5.41) is 4.10. The van der Waals surface area contributed by atoms with Crippen LogP contribution in [0.3, 0.4) is 0 Å². The molecule has 2 aliphatic heterocycles. The first kappa shape index (κ1) is 18.5. The van der Waals surface area contributed by atoms with Crippen LogP contribution in [0.15, 0.2) is 24.3 Å². The fraction of sp³-hybridized carbons (Fsp3) is 0.588. The molecular formula is C17H24Cl2N2O2. The number of nitrogens with zero attached hydrogens (tertiary/aromatic N) is 1. The van der Waals surface area contributed by atoms with Crippen molar-refractivity contribution in [3.63, 3.8) is 0 Å². The zero-order valence-electron chi connectivity index (χ0n) is 13.3. The molecule has 3 atom stereocenters. The van der Waals surface area contributed by atoms with Crippen LogP contribution in [0.5, 0.6) is 0 Å². The molecule has 2 saturated heterocycles. The fourth-order valence-electron chi connectivity index (χ4n) is 3.39. The minimum atomic E-state index is -0.120. The minimum Gasteiger partial charge on any atom is -0.370 e. The van der Waals surface area contributed by atoms with Crippen LogP contribution < -0.4 is 5.32 Å². The summed E-state index contributed by atoms with van der Waals surface area (Å²) in [5.74, 6) is 0.412. The van der Waals surface area contributed by atoms with Crippen LogP contribution in [0.25, 0.3) is 0 Å². The van der Waals surface area contributed by atoms with Crippen molar-refractivity contribution >= 4 is 29.9 Å². The molecule has 1 N–H and O–H groups in total. The number of ether oxygens (including phenoxy) is 1. The van der Waals surface area contributed by atoms with Crippen molar-refractivity contribution in [3.05, 3.63) is 34.9 Å². The number of carbonyl (C=O) groups excluding carboxylic acids is 1. The number of nitrogens with one attached hydrogen (secondary N) is 1. The molecule has 0 bridgehead atoms. The van der Waals surface area contributed by atoms with Crippen LogP contribution in [-0.2, 0) is 9.53 Å². The Kier molecular flexibility index (Phi) is 6.72. The molecule has 128 valence electrons. The van der Waals surface area contributed by atoms with Gasteiger partial charge < -0.3 is 15.0 Å². The highest BCUT2D eigenvalue weighted by Gasteiger charge is 2.32. The Labute approximate surface area is 148 Å². The molecule has 0 aromatic heterocycles. The van der Waals surface area contributed by atoms with Gasteiger partial charge in [-0.1, -0.05) is 29.8 Å². The van der Waals surface area contributed by atoms with E-state index in [9.17, 15) is 4.79 Å². The van der Waals surface area contributed by atoms with E-state index in [2.05, 4.69) is 12.2 Å². The molecule has 1 aromatic carbocycles. The van der Waals surface area contributed by atoms with Crippen LogP contribution in [0.4, 0.5) is 0 Å². The third-order valence-corrected chi connectivity index (χ3v) is 4.95. The highest BCUT2D eigenvalue weighted by atomic mass is 35.5. The summed E-state index contributed by atoms with van der Waals surface area (Å²) in [6.07, 6.45) is 1.73. The van der Waals surface area contributed by atoms with E-state index < -0.39 is 0 Å². The molecule has 0 aliphatic carbocycles. The lowest BCUT2D eigenvalue weighted by atomic mass is 9.91. The number of hydrogen-bond acceptors (Lipinski definition) is 3. The Hall–Kier alpha value is -0.810. The predicted molar refractivity (Wildman–Crippen MR) is 94.2 cm³/mol. The van der Waals surface area contributed by atoms with Gasteiger partial charge in [0.05, 0.1) is 13.2 Å². The second-order valence-electron chi connectivity index (χ2n) is 6.24. The van der Waals surface area contributed by atoms with Crippen LogP contribution in [0.1, 0.15) is 31.4 Å². The van der Waals surface area contributed by atoms with Gasteiger partial charge >= 0.3 is 0 Å². The summed E-state index contributed by atoms with van der Waals surface area (Å²) in [7, 11) is 0. The lowest BCUT2D eigenvalue weighted by Gasteiger charge is -2.37. The molecule has 1 amide bonds. The number of amides is 1. The van der Waals surface area contributed by atoms with Crippen molar-refractivity contribution in [1.82, 2.24) is 10.2 Å². The molecule has 1 unspecified atom stereocenters. The summed E-state index contributed by atoms with van der Waals surface area (Å²) >= 11 is 6.26. The molecule has 4 nitrogen and oxygen atoms in total. The number of halogens is 2. The molecule has 0 radical (unpaired) electrons. The summed E-state index contributed by atoms with van der Waals surface area (Å²) in [4.78, 5) is 14.7. The van der Waals surface area contributed by atoms with Gasteiger partial charge in [-0.3, -0.25) is 4.79 Å². The molecular weight excluding hydrogens is 335 g/mol. The van der Waals surface area contributed by atoms with E-state index in [0.717, 1.165) is 24.9 Å². The number of benzene rings is 1. The van der Waals surface area contributed by atoms with Crippen molar-refractivity contribution in [1.29, 1.82) is 0 Å². The van der Waals surface area contributed by atoms with Gasteiger partial charge in [0.2, 0.25) is 5.91 Å². The third kappa shape index (κ3) is 4.38. The van der Waals surface area contributed by atoms with Gasteiger partial charge in [0, 0.05) is 29.1 Å². The Morgan fingerprint density at radius 1 is 1.39 bits per heavy atom. The maximum atomic E-state index is 12.8. The first-order valence-corrected chi connectivity index (χ1v) is 8.41. The third-order valence-electron chi connectivity index (χ3n) is 4.60. The number of piperidine rings is 1. The highest BCUT2D eigenvalue weighted by Crippen LogP contribution is 2.29.